The normalized spacial score (nSPS) is 11.7. The third-order valence-electron chi connectivity index (χ3n) is 4.34. The second-order valence-corrected chi connectivity index (χ2v) is 6.38. The molecule has 4 rings (SSSR count). The minimum atomic E-state index is 0.429. The first-order valence-electron chi connectivity index (χ1n) is 8.02. The Bertz CT molecular complexity index is 997. The topological polar surface area (TPSA) is 26.0 Å². The number of aromatic nitrogens is 1. The van der Waals surface area contributed by atoms with E-state index in [1.165, 1.54) is 21.9 Å². The first-order valence-corrected chi connectivity index (χ1v) is 8.02. The molecule has 0 aliphatic rings. The molecule has 23 heavy (non-hydrogen) atoms. The summed E-state index contributed by atoms with van der Waals surface area (Å²) in [5.74, 6) is 0.429. The van der Waals surface area contributed by atoms with Crippen LogP contribution < -0.4 is 0 Å². The van der Waals surface area contributed by atoms with E-state index in [-0.39, 0.29) is 0 Å². The molecule has 0 fully saturated rings. The van der Waals surface area contributed by atoms with Crippen LogP contribution in [0.1, 0.15) is 30.9 Å². The number of pyridine rings is 1. The van der Waals surface area contributed by atoms with E-state index in [1.807, 2.05) is 24.4 Å². The maximum Gasteiger partial charge on any atom is 0.144 e. The van der Waals surface area contributed by atoms with Crippen LogP contribution in [0.4, 0.5) is 0 Å². The molecule has 0 radical (unpaired) electrons. The number of furan rings is 1. The van der Waals surface area contributed by atoms with Gasteiger partial charge in [-0.2, -0.15) is 0 Å². The van der Waals surface area contributed by atoms with Crippen LogP contribution in [0.25, 0.3) is 33.2 Å². The smallest absolute Gasteiger partial charge is 0.144 e. The van der Waals surface area contributed by atoms with Crippen LogP contribution in [0, 0.1) is 6.92 Å². The van der Waals surface area contributed by atoms with Crippen molar-refractivity contribution in [3.8, 4) is 11.3 Å². The van der Waals surface area contributed by atoms with E-state index in [1.54, 1.807) is 0 Å². The van der Waals surface area contributed by atoms with Crippen LogP contribution in [-0.4, -0.2) is 4.98 Å². The van der Waals surface area contributed by atoms with Gasteiger partial charge in [0.1, 0.15) is 11.2 Å². The molecular weight excluding hydrogens is 282 g/mol. The van der Waals surface area contributed by atoms with E-state index in [2.05, 4.69) is 56.1 Å². The summed E-state index contributed by atoms with van der Waals surface area (Å²) in [6, 6.07) is 16.8. The molecule has 0 spiro atoms. The number of para-hydroxylation sites is 1. The van der Waals surface area contributed by atoms with Crippen LogP contribution in [0.3, 0.4) is 0 Å². The van der Waals surface area contributed by atoms with E-state index in [0.29, 0.717) is 5.92 Å². The van der Waals surface area contributed by atoms with E-state index < -0.39 is 0 Å². The van der Waals surface area contributed by atoms with Gasteiger partial charge in [0.15, 0.2) is 0 Å². The van der Waals surface area contributed by atoms with Crippen molar-refractivity contribution in [2.45, 2.75) is 26.7 Å². The minimum absolute atomic E-state index is 0.429. The monoisotopic (exact) mass is 301 g/mol. The summed E-state index contributed by atoms with van der Waals surface area (Å²) in [6.45, 7) is 6.52. The lowest BCUT2D eigenvalue weighted by Gasteiger charge is -2.04. The molecule has 0 amide bonds. The Kier molecular flexibility index (Phi) is 3.19. The van der Waals surface area contributed by atoms with Crippen LogP contribution in [-0.2, 0) is 0 Å². The quantitative estimate of drug-likeness (QED) is 0.448. The molecule has 2 aromatic carbocycles. The summed E-state index contributed by atoms with van der Waals surface area (Å²) < 4.78 is 6.35. The summed E-state index contributed by atoms with van der Waals surface area (Å²) in [6.07, 6.45) is 1.83. The SMILES string of the molecule is Cc1cc(-c2ccccn2)c2oc3c(C(C)C)cccc3c2c1. The summed E-state index contributed by atoms with van der Waals surface area (Å²) in [5, 5.41) is 2.36. The third kappa shape index (κ3) is 2.22. The van der Waals surface area contributed by atoms with Gasteiger partial charge in [-0.15, -0.1) is 0 Å². The predicted molar refractivity (Wildman–Crippen MR) is 95.8 cm³/mol. The molecule has 2 heterocycles. The maximum atomic E-state index is 6.35. The van der Waals surface area contributed by atoms with Crippen molar-refractivity contribution in [2.75, 3.05) is 0 Å². The number of nitrogens with zero attached hydrogens (tertiary/aromatic N) is 1. The Labute approximate surface area is 135 Å². The fourth-order valence-corrected chi connectivity index (χ4v) is 3.23. The van der Waals surface area contributed by atoms with Crippen LogP contribution in [0.5, 0.6) is 0 Å². The Morgan fingerprint density at radius 1 is 0.913 bits per heavy atom. The van der Waals surface area contributed by atoms with Gasteiger partial charge in [0.05, 0.1) is 5.69 Å². The standard InChI is InChI=1S/C21H19NO/c1-13(2)15-7-6-8-16-17-11-14(3)12-18(21(17)23-20(15)16)19-9-4-5-10-22-19/h4-13H,1-3H3. The first kappa shape index (κ1) is 14.0. The van der Waals surface area contributed by atoms with Crippen molar-refractivity contribution in [3.05, 3.63) is 65.9 Å². The highest BCUT2D eigenvalue weighted by molar-refractivity contribution is 6.10. The average molecular weight is 301 g/mol. The number of benzene rings is 2. The Morgan fingerprint density at radius 3 is 2.52 bits per heavy atom. The van der Waals surface area contributed by atoms with Gasteiger partial charge in [0.2, 0.25) is 0 Å². The van der Waals surface area contributed by atoms with Gasteiger partial charge >= 0.3 is 0 Å². The van der Waals surface area contributed by atoms with Crippen molar-refractivity contribution in [2.24, 2.45) is 0 Å². The molecule has 2 aromatic heterocycles. The largest absolute Gasteiger partial charge is 0.455 e. The van der Waals surface area contributed by atoms with E-state index in [4.69, 9.17) is 4.42 Å². The number of aryl methyl sites for hydroxylation is 1. The third-order valence-corrected chi connectivity index (χ3v) is 4.34. The van der Waals surface area contributed by atoms with E-state index in [0.717, 1.165) is 22.4 Å². The molecule has 0 unspecified atom stereocenters. The van der Waals surface area contributed by atoms with Gasteiger partial charge in [-0.3, -0.25) is 4.98 Å². The molecule has 114 valence electrons. The average Bonchev–Trinajstić information content (AvgIpc) is 2.93. The molecule has 0 saturated heterocycles. The number of hydrogen-bond acceptors (Lipinski definition) is 2. The molecular formula is C21H19NO. The highest BCUT2D eigenvalue weighted by Gasteiger charge is 2.16. The van der Waals surface area contributed by atoms with Crippen LogP contribution in [0.15, 0.2) is 59.1 Å². The molecule has 0 saturated carbocycles. The summed E-state index contributed by atoms with van der Waals surface area (Å²) >= 11 is 0. The Balaban J connectivity index is 2.13. The van der Waals surface area contributed by atoms with Gasteiger partial charge in [-0.1, -0.05) is 38.1 Å². The molecule has 0 bridgehead atoms. The lowest BCUT2D eigenvalue weighted by atomic mass is 9.99. The molecule has 2 heteroatoms. The van der Waals surface area contributed by atoms with Gasteiger partial charge in [-0.25, -0.2) is 0 Å². The maximum absolute atomic E-state index is 6.35. The number of rotatable bonds is 2. The van der Waals surface area contributed by atoms with Gasteiger partial charge in [0.25, 0.3) is 0 Å². The van der Waals surface area contributed by atoms with Crippen molar-refractivity contribution < 1.29 is 4.42 Å². The lowest BCUT2D eigenvalue weighted by Crippen LogP contribution is -1.86. The van der Waals surface area contributed by atoms with Crippen LogP contribution >= 0.6 is 0 Å². The van der Waals surface area contributed by atoms with Crippen LogP contribution in [0.2, 0.25) is 0 Å². The zero-order valence-corrected chi connectivity index (χ0v) is 13.6. The minimum Gasteiger partial charge on any atom is -0.455 e. The number of fused-ring (bicyclic) bond motifs is 3. The van der Waals surface area contributed by atoms with E-state index >= 15 is 0 Å². The zero-order chi connectivity index (χ0) is 16.0. The highest BCUT2D eigenvalue weighted by Crippen LogP contribution is 2.38. The Morgan fingerprint density at radius 2 is 1.78 bits per heavy atom. The predicted octanol–water partition coefficient (Wildman–Crippen LogP) is 6.08. The number of hydrogen-bond donors (Lipinski definition) is 0. The second kappa shape index (κ2) is 5.24. The van der Waals surface area contributed by atoms with Gasteiger partial charge in [-0.05, 0) is 48.2 Å². The molecule has 2 nitrogen and oxygen atoms in total. The van der Waals surface area contributed by atoms with Gasteiger partial charge < -0.3 is 4.42 Å². The molecule has 0 aliphatic carbocycles. The fourth-order valence-electron chi connectivity index (χ4n) is 3.23. The summed E-state index contributed by atoms with van der Waals surface area (Å²) in [4.78, 5) is 4.51. The lowest BCUT2D eigenvalue weighted by molar-refractivity contribution is 0.657. The molecule has 4 aromatic rings. The first-order chi connectivity index (χ1) is 11.1. The van der Waals surface area contributed by atoms with Crippen molar-refractivity contribution in [3.63, 3.8) is 0 Å². The highest BCUT2D eigenvalue weighted by atomic mass is 16.3. The molecule has 0 atom stereocenters. The van der Waals surface area contributed by atoms with E-state index in [9.17, 15) is 0 Å². The Hall–Kier alpha value is -2.61. The molecule has 0 N–H and O–H groups in total. The van der Waals surface area contributed by atoms with Crippen molar-refractivity contribution in [1.29, 1.82) is 0 Å². The zero-order valence-electron chi connectivity index (χ0n) is 13.6. The van der Waals surface area contributed by atoms with Gasteiger partial charge in [0, 0.05) is 22.5 Å². The molecule has 0 aliphatic heterocycles. The summed E-state index contributed by atoms with van der Waals surface area (Å²) in [5.41, 5.74) is 6.41. The fraction of sp³-hybridized carbons (Fsp3) is 0.190. The van der Waals surface area contributed by atoms with Crippen molar-refractivity contribution in [1.82, 2.24) is 4.98 Å². The van der Waals surface area contributed by atoms with Crippen molar-refractivity contribution >= 4 is 21.9 Å². The summed E-state index contributed by atoms with van der Waals surface area (Å²) in [7, 11) is 0. The second-order valence-electron chi connectivity index (χ2n) is 6.38.